The van der Waals surface area contributed by atoms with Crippen LogP contribution in [-0.4, -0.2) is 31.2 Å². The third-order valence-electron chi connectivity index (χ3n) is 1.45. The molecule has 2 rings (SSSR count). The van der Waals surface area contributed by atoms with Crippen molar-refractivity contribution < 1.29 is 0 Å². The van der Waals surface area contributed by atoms with E-state index in [0.717, 1.165) is 26.2 Å². The monoisotopic (exact) mass is 169 g/mol. The summed E-state index contributed by atoms with van der Waals surface area (Å²) in [5.41, 5.74) is 0. The molecule has 1 aliphatic rings. The van der Waals surface area contributed by atoms with E-state index in [1.165, 1.54) is 0 Å². The van der Waals surface area contributed by atoms with Crippen molar-refractivity contribution in [3.63, 3.8) is 0 Å². The van der Waals surface area contributed by atoms with Crippen molar-refractivity contribution in [2.45, 2.75) is 7.43 Å². The first-order valence-electron chi connectivity index (χ1n) is 3.99. The third-order valence-corrected chi connectivity index (χ3v) is 1.45. The fraction of sp³-hybridized carbons (Fsp3) is 0.556. The maximum absolute atomic E-state index is 3.22. The number of hydrogen-bond donors (Lipinski definition) is 3. The zero-order valence-electron chi connectivity index (χ0n) is 6.64. The van der Waals surface area contributed by atoms with Gasteiger partial charge < -0.3 is 15.6 Å². The van der Waals surface area contributed by atoms with Gasteiger partial charge in [-0.2, -0.15) is 0 Å². The first-order chi connectivity index (χ1) is 5.50. The van der Waals surface area contributed by atoms with Crippen LogP contribution in [0.15, 0.2) is 24.5 Å². The molecule has 1 aromatic heterocycles. The molecule has 3 N–H and O–H groups in total. The fourth-order valence-electron chi connectivity index (χ4n) is 0.881. The third kappa shape index (κ3) is 5.95. The molecular weight excluding hydrogens is 150 g/mol. The molecular formula is C9H19N3. The van der Waals surface area contributed by atoms with Crippen LogP contribution in [-0.2, 0) is 0 Å². The van der Waals surface area contributed by atoms with E-state index < -0.39 is 0 Å². The molecule has 1 aromatic rings. The number of rotatable bonds is 0. The smallest absolute Gasteiger partial charge is 0.00772 e. The van der Waals surface area contributed by atoms with Crippen LogP contribution in [0.1, 0.15) is 7.43 Å². The predicted molar refractivity (Wildman–Crippen MR) is 53.3 cm³/mol. The zero-order valence-corrected chi connectivity index (χ0v) is 6.64. The van der Waals surface area contributed by atoms with E-state index in [0.29, 0.717) is 0 Å². The molecule has 3 nitrogen and oxygen atoms in total. The van der Waals surface area contributed by atoms with Crippen LogP contribution in [0.2, 0.25) is 0 Å². The molecule has 0 aliphatic carbocycles. The maximum Gasteiger partial charge on any atom is 0.00772 e. The van der Waals surface area contributed by atoms with Gasteiger partial charge in [0.15, 0.2) is 0 Å². The molecule has 0 aromatic carbocycles. The molecule has 1 saturated heterocycles. The Hall–Kier alpha value is -0.800. The van der Waals surface area contributed by atoms with Crippen LogP contribution in [0, 0.1) is 0 Å². The van der Waals surface area contributed by atoms with Gasteiger partial charge in [0.2, 0.25) is 0 Å². The average Bonchev–Trinajstić information content (AvgIpc) is 2.64. The van der Waals surface area contributed by atoms with Gasteiger partial charge in [-0.3, -0.25) is 0 Å². The van der Waals surface area contributed by atoms with E-state index >= 15 is 0 Å². The minimum Gasteiger partial charge on any atom is -0.368 e. The standard InChI is InChI=1S/C4H10N2.C4H5N.CH4/c1-2-6-4-3-5-1;1-2-4-5-3-1;/h5-6H,1-4H2;1-5H;1H4. The summed E-state index contributed by atoms with van der Waals surface area (Å²) in [4.78, 5) is 2.86. The predicted octanol–water partition coefficient (Wildman–Crippen LogP) is 0.830. The summed E-state index contributed by atoms with van der Waals surface area (Å²) in [6.45, 7) is 4.56. The van der Waals surface area contributed by atoms with E-state index in [1.807, 2.05) is 24.5 Å². The van der Waals surface area contributed by atoms with E-state index in [-0.39, 0.29) is 7.43 Å². The second-order valence-electron chi connectivity index (χ2n) is 2.38. The van der Waals surface area contributed by atoms with Crippen LogP contribution in [0.25, 0.3) is 0 Å². The van der Waals surface area contributed by atoms with Crippen LogP contribution in [0.5, 0.6) is 0 Å². The largest absolute Gasteiger partial charge is 0.368 e. The van der Waals surface area contributed by atoms with Gasteiger partial charge >= 0.3 is 0 Å². The lowest BCUT2D eigenvalue weighted by atomic mass is 10.4. The summed E-state index contributed by atoms with van der Waals surface area (Å²) in [7, 11) is 0. The molecule has 0 amide bonds. The molecule has 70 valence electrons. The van der Waals surface area contributed by atoms with Crippen molar-refractivity contribution >= 4 is 0 Å². The second kappa shape index (κ2) is 8.30. The number of aromatic amines is 1. The lowest BCUT2D eigenvalue weighted by molar-refractivity contribution is 0.534. The molecule has 12 heavy (non-hydrogen) atoms. The van der Waals surface area contributed by atoms with Crippen LogP contribution >= 0.6 is 0 Å². The lowest BCUT2D eigenvalue weighted by Crippen LogP contribution is -2.39. The van der Waals surface area contributed by atoms with Crippen molar-refractivity contribution in [3.8, 4) is 0 Å². The average molecular weight is 169 g/mol. The molecule has 0 saturated carbocycles. The Morgan fingerprint density at radius 3 is 1.33 bits per heavy atom. The van der Waals surface area contributed by atoms with E-state index in [1.54, 1.807) is 0 Å². The summed E-state index contributed by atoms with van der Waals surface area (Å²) >= 11 is 0. The molecule has 3 heteroatoms. The maximum atomic E-state index is 3.22. The molecule has 2 heterocycles. The van der Waals surface area contributed by atoms with Crippen molar-refractivity contribution in [3.05, 3.63) is 24.5 Å². The second-order valence-corrected chi connectivity index (χ2v) is 2.38. The highest BCUT2D eigenvalue weighted by Gasteiger charge is 1.91. The zero-order chi connectivity index (χ0) is 7.78. The van der Waals surface area contributed by atoms with Crippen LogP contribution < -0.4 is 10.6 Å². The minimum atomic E-state index is 0. The van der Waals surface area contributed by atoms with Gasteiger partial charge in [-0.25, -0.2) is 0 Å². The molecule has 1 aliphatic heterocycles. The van der Waals surface area contributed by atoms with Gasteiger partial charge in [-0.15, -0.1) is 0 Å². The van der Waals surface area contributed by atoms with Gasteiger partial charge in [0, 0.05) is 38.6 Å². The van der Waals surface area contributed by atoms with Gasteiger partial charge in [-0.1, -0.05) is 7.43 Å². The summed E-state index contributed by atoms with van der Waals surface area (Å²) < 4.78 is 0. The van der Waals surface area contributed by atoms with E-state index in [2.05, 4.69) is 15.6 Å². The number of nitrogens with one attached hydrogen (secondary N) is 3. The van der Waals surface area contributed by atoms with Gasteiger partial charge in [-0.05, 0) is 12.1 Å². The lowest BCUT2D eigenvalue weighted by Gasteiger charge is -2.11. The SMILES string of the molecule is C.C1CNCCN1.c1cc[nH]c1. The van der Waals surface area contributed by atoms with Gasteiger partial charge in [0.25, 0.3) is 0 Å². The topological polar surface area (TPSA) is 39.8 Å². The molecule has 0 unspecified atom stereocenters. The molecule has 0 atom stereocenters. The van der Waals surface area contributed by atoms with Crippen molar-refractivity contribution in [1.82, 2.24) is 15.6 Å². The Balaban J connectivity index is 0.000000189. The first kappa shape index (κ1) is 11.2. The van der Waals surface area contributed by atoms with Crippen molar-refractivity contribution in [2.75, 3.05) is 26.2 Å². The van der Waals surface area contributed by atoms with Gasteiger partial charge in [0.1, 0.15) is 0 Å². The number of aromatic nitrogens is 1. The molecule has 0 bridgehead atoms. The summed E-state index contributed by atoms with van der Waals surface area (Å²) in [6.07, 6.45) is 3.75. The fourth-order valence-corrected chi connectivity index (χ4v) is 0.881. The summed E-state index contributed by atoms with van der Waals surface area (Å²) in [6, 6.07) is 3.89. The number of piperazine rings is 1. The van der Waals surface area contributed by atoms with E-state index in [4.69, 9.17) is 0 Å². The Bertz CT molecular complexity index is 116. The summed E-state index contributed by atoms with van der Waals surface area (Å²) in [5, 5.41) is 6.44. The highest BCUT2D eigenvalue weighted by molar-refractivity contribution is 4.84. The van der Waals surface area contributed by atoms with Gasteiger partial charge in [0.05, 0.1) is 0 Å². The molecule has 0 spiro atoms. The van der Waals surface area contributed by atoms with Crippen molar-refractivity contribution in [2.24, 2.45) is 0 Å². The minimum absolute atomic E-state index is 0. The number of H-pyrrole nitrogens is 1. The Morgan fingerprint density at radius 2 is 1.17 bits per heavy atom. The quantitative estimate of drug-likeness (QED) is 0.538. The Kier molecular flexibility index (Phi) is 7.74. The van der Waals surface area contributed by atoms with Crippen LogP contribution in [0.3, 0.4) is 0 Å². The number of hydrogen-bond acceptors (Lipinski definition) is 2. The van der Waals surface area contributed by atoms with Crippen LogP contribution in [0.4, 0.5) is 0 Å². The van der Waals surface area contributed by atoms with E-state index in [9.17, 15) is 0 Å². The van der Waals surface area contributed by atoms with Crippen molar-refractivity contribution in [1.29, 1.82) is 0 Å². The Morgan fingerprint density at radius 1 is 0.750 bits per heavy atom. The highest BCUT2D eigenvalue weighted by atomic mass is 15.0. The normalized spacial score (nSPS) is 15.3. The molecule has 1 fully saturated rings. The molecule has 0 radical (unpaired) electrons. The highest BCUT2D eigenvalue weighted by Crippen LogP contribution is 1.72. The first-order valence-corrected chi connectivity index (χ1v) is 3.99. The summed E-state index contributed by atoms with van der Waals surface area (Å²) in [5.74, 6) is 0. The Labute approximate surface area is 74.6 Å².